The number of benzene rings is 1. The van der Waals surface area contributed by atoms with Crippen LogP contribution >= 0.6 is 11.6 Å². The molecule has 1 fully saturated rings. The molecule has 0 N–H and O–H groups in total. The molecule has 20 heavy (non-hydrogen) atoms. The molecule has 1 amide bonds. The van der Waals surface area contributed by atoms with E-state index in [1.807, 2.05) is 0 Å². The van der Waals surface area contributed by atoms with Gasteiger partial charge in [0.2, 0.25) is 5.91 Å². The Hall–Kier alpha value is -1.21. The van der Waals surface area contributed by atoms with Crippen LogP contribution in [0.25, 0.3) is 0 Å². The predicted octanol–water partition coefficient (Wildman–Crippen LogP) is 2.13. The molecule has 0 aromatic heterocycles. The fourth-order valence-electron chi connectivity index (χ4n) is 2.27. The van der Waals surface area contributed by atoms with Crippen molar-refractivity contribution < 1.29 is 21.5 Å². The van der Waals surface area contributed by atoms with E-state index in [0.717, 1.165) is 0 Å². The minimum Gasteiger partial charge on any atom is -0.338 e. The lowest BCUT2D eigenvalue weighted by atomic mass is 10.1. The molecule has 1 aromatic rings. The van der Waals surface area contributed by atoms with Crippen molar-refractivity contribution in [2.24, 2.45) is 5.92 Å². The monoisotopic (exact) mass is 323 g/mol. The van der Waals surface area contributed by atoms with Crippen LogP contribution in [0.5, 0.6) is 0 Å². The maximum Gasteiger partial charge on any atom is 0.302 e. The average molecular weight is 324 g/mol. The maximum atomic E-state index is 13.6. The van der Waals surface area contributed by atoms with Crippen LogP contribution in [0.4, 0.5) is 8.28 Å². The van der Waals surface area contributed by atoms with E-state index in [2.05, 4.69) is 0 Å². The van der Waals surface area contributed by atoms with Gasteiger partial charge in [0.1, 0.15) is 5.82 Å². The average Bonchev–Trinajstić information content (AvgIpc) is 2.62. The molecule has 2 rings (SSSR count). The molecule has 0 radical (unpaired) electrons. The number of rotatable bonds is 4. The van der Waals surface area contributed by atoms with Gasteiger partial charge in [-0.1, -0.05) is 17.7 Å². The van der Waals surface area contributed by atoms with Gasteiger partial charge in [-0.15, -0.1) is 3.89 Å². The van der Waals surface area contributed by atoms with Crippen LogP contribution < -0.4 is 0 Å². The van der Waals surface area contributed by atoms with E-state index in [1.165, 1.54) is 23.1 Å². The molecule has 0 aliphatic carbocycles. The lowest BCUT2D eigenvalue weighted by Gasteiger charge is -2.17. The van der Waals surface area contributed by atoms with Crippen molar-refractivity contribution >= 4 is 27.7 Å². The second-order valence-corrected chi connectivity index (χ2v) is 6.57. The summed E-state index contributed by atoms with van der Waals surface area (Å²) >= 11 is 5.86. The van der Waals surface area contributed by atoms with Gasteiger partial charge >= 0.3 is 10.2 Å². The first-order chi connectivity index (χ1) is 9.26. The normalized spacial score (nSPS) is 19.6. The first-order valence-electron chi connectivity index (χ1n) is 5.89. The molecular formula is C12H12ClF2NO3S. The number of amides is 1. The van der Waals surface area contributed by atoms with Gasteiger partial charge in [0, 0.05) is 36.0 Å². The molecule has 1 aromatic carbocycles. The lowest BCUT2D eigenvalue weighted by Crippen LogP contribution is -2.26. The summed E-state index contributed by atoms with van der Waals surface area (Å²) in [5.41, 5.74) is 0.172. The zero-order valence-corrected chi connectivity index (χ0v) is 11.9. The topological polar surface area (TPSA) is 54.5 Å². The molecule has 1 aliphatic heterocycles. The Kier molecular flexibility index (Phi) is 4.29. The van der Waals surface area contributed by atoms with Crippen LogP contribution in [0.1, 0.15) is 12.0 Å². The van der Waals surface area contributed by atoms with Gasteiger partial charge in [0.25, 0.3) is 0 Å². The van der Waals surface area contributed by atoms with Crippen LogP contribution in [0.15, 0.2) is 18.2 Å². The molecule has 1 atom stereocenters. The Bertz CT molecular complexity index is 615. The van der Waals surface area contributed by atoms with Crippen molar-refractivity contribution in [3.63, 3.8) is 0 Å². The molecule has 110 valence electrons. The van der Waals surface area contributed by atoms with Crippen LogP contribution in [-0.2, 0) is 21.6 Å². The highest BCUT2D eigenvalue weighted by Gasteiger charge is 2.33. The highest BCUT2D eigenvalue weighted by Crippen LogP contribution is 2.26. The molecular weight excluding hydrogens is 312 g/mol. The van der Waals surface area contributed by atoms with E-state index < -0.39 is 27.7 Å². The van der Waals surface area contributed by atoms with Crippen molar-refractivity contribution in [1.29, 1.82) is 0 Å². The van der Waals surface area contributed by atoms with Crippen molar-refractivity contribution in [2.75, 3.05) is 12.3 Å². The highest BCUT2D eigenvalue weighted by molar-refractivity contribution is 7.86. The largest absolute Gasteiger partial charge is 0.338 e. The lowest BCUT2D eigenvalue weighted by molar-refractivity contribution is -0.128. The SMILES string of the molecule is O=C1CC(CS(=O)(=O)F)CN1Cc1c(F)cccc1Cl. The van der Waals surface area contributed by atoms with E-state index in [0.29, 0.717) is 0 Å². The summed E-state index contributed by atoms with van der Waals surface area (Å²) in [6.45, 7) is 0.0276. The van der Waals surface area contributed by atoms with Gasteiger partial charge in [0.15, 0.2) is 0 Å². The maximum absolute atomic E-state index is 13.6. The third-order valence-electron chi connectivity index (χ3n) is 3.14. The summed E-state index contributed by atoms with van der Waals surface area (Å²) in [4.78, 5) is 13.0. The van der Waals surface area contributed by atoms with Crippen molar-refractivity contribution in [2.45, 2.75) is 13.0 Å². The molecule has 8 heteroatoms. The van der Waals surface area contributed by atoms with Crippen molar-refractivity contribution in [1.82, 2.24) is 4.90 Å². The Morgan fingerprint density at radius 3 is 2.70 bits per heavy atom. The first-order valence-corrected chi connectivity index (χ1v) is 7.82. The second kappa shape index (κ2) is 5.65. The number of halogens is 3. The summed E-state index contributed by atoms with van der Waals surface area (Å²) in [6.07, 6.45) is -0.0603. The number of nitrogens with zero attached hydrogens (tertiary/aromatic N) is 1. The molecule has 1 saturated heterocycles. The van der Waals surface area contributed by atoms with Gasteiger partial charge in [-0.2, -0.15) is 8.42 Å². The minimum absolute atomic E-state index is 0.0484. The molecule has 0 bridgehead atoms. The van der Waals surface area contributed by atoms with Gasteiger partial charge in [-0.05, 0) is 12.1 Å². The van der Waals surface area contributed by atoms with Crippen molar-refractivity contribution in [3.8, 4) is 0 Å². The van der Waals surface area contributed by atoms with Crippen LogP contribution in [0.2, 0.25) is 5.02 Å². The number of carbonyl (C=O) groups excluding carboxylic acids is 1. The Balaban J connectivity index is 2.10. The molecule has 1 heterocycles. The van der Waals surface area contributed by atoms with E-state index >= 15 is 0 Å². The zero-order chi connectivity index (χ0) is 14.9. The highest BCUT2D eigenvalue weighted by atomic mass is 35.5. The fraction of sp³-hybridized carbons (Fsp3) is 0.417. The molecule has 0 saturated carbocycles. The minimum atomic E-state index is -4.62. The zero-order valence-electron chi connectivity index (χ0n) is 10.4. The standard InChI is InChI=1S/C12H12ClF2NO3S/c13-10-2-1-3-11(14)9(10)6-16-5-8(4-12(16)17)7-20(15,18)19/h1-3,8H,4-7H2. The van der Waals surface area contributed by atoms with E-state index in [-0.39, 0.29) is 36.0 Å². The van der Waals surface area contributed by atoms with Gasteiger partial charge in [-0.25, -0.2) is 4.39 Å². The number of hydrogen-bond acceptors (Lipinski definition) is 3. The van der Waals surface area contributed by atoms with E-state index in [4.69, 9.17) is 11.6 Å². The van der Waals surface area contributed by atoms with Gasteiger partial charge < -0.3 is 4.90 Å². The Morgan fingerprint density at radius 1 is 1.40 bits per heavy atom. The molecule has 1 unspecified atom stereocenters. The first kappa shape index (κ1) is 15.2. The Morgan fingerprint density at radius 2 is 2.10 bits per heavy atom. The van der Waals surface area contributed by atoms with Crippen LogP contribution in [0.3, 0.4) is 0 Å². The van der Waals surface area contributed by atoms with Crippen LogP contribution in [0, 0.1) is 11.7 Å². The summed E-state index contributed by atoms with van der Waals surface area (Å²) in [7, 11) is -4.62. The number of hydrogen-bond donors (Lipinski definition) is 0. The summed E-state index contributed by atoms with van der Waals surface area (Å²) in [5, 5.41) is 0.194. The van der Waals surface area contributed by atoms with Gasteiger partial charge in [0.05, 0.1) is 5.75 Å². The smallest absolute Gasteiger partial charge is 0.302 e. The van der Waals surface area contributed by atoms with E-state index in [1.54, 1.807) is 0 Å². The molecule has 1 aliphatic rings. The fourth-order valence-corrected chi connectivity index (χ4v) is 3.28. The summed E-state index contributed by atoms with van der Waals surface area (Å²) < 4.78 is 47.4. The quantitative estimate of drug-likeness (QED) is 0.798. The Labute approximate surface area is 120 Å². The third-order valence-corrected chi connectivity index (χ3v) is 4.36. The molecule has 0 spiro atoms. The second-order valence-electron chi connectivity index (χ2n) is 4.75. The number of carbonyl (C=O) groups is 1. The van der Waals surface area contributed by atoms with Crippen LogP contribution in [-0.4, -0.2) is 31.5 Å². The summed E-state index contributed by atoms with van der Waals surface area (Å²) in [6, 6.07) is 4.18. The van der Waals surface area contributed by atoms with Gasteiger partial charge in [-0.3, -0.25) is 4.79 Å². The summed E-state index contributed by atoms with van der Waals surface area (Å²) in [5.74, 6) is -2.17. The number of likely N-dealkylation sites (tertiary alicyclic amines) is 1. The third kappa shape index (κ3) is 3.67. The predicted molar refractivity (Wildman–Crippen MR) is 69.8 cm³/mol. The van der Waals surface area contributed by atoms with Crippen molar-refractivity contribution in [3.05, 3.63) is 34.6 Å². The molecule has 4 nitrogen and oxygen atoms in total. The van der Waals surface area contributed by atoms with E-state index in [9.17, 15) is 21.5 Å².